The standard InChI is InChI=1S/C18H13ClF3N5/c1-26-10-14(18(20,21)22)24-15(26)12-4-2-11(3-5-12)9-27-7-6-13-8-23-17(19)25-16(13)27/h2-8,10H,9H2,1H3. The number of fused-ring (bicyclic) bond motifs is 1. The molecule has 0 saturated heterocycles. The summed E-state index contributed by atoms with van der Waals surface area (Å²) in [5.74, 6) is 0.264. The molecule has 9 heteroatoms. The molecule has 0 aliphatic rings. The van der Waals surface area contributed by atoms with Crippen LogP contribution < -0.4 is 0 Å². The van der Waals surface area contributed by atoms with Crippen LogP contribution in [0.1, 0.15) is 11.3 Å². The van der Waals surface area contributed by atoms with Gasteiger partial charge in [0.15, 0.2) is 5.69 Å². The van der Waals surface area contributed by atoms with Crippen molar-refractivity contribution in [3.8, 4) is 11.4 Å². The van der Waals surface area contributed by atoms with E-state index in [1.165, 1.54) is 4.57 Å². The minimum Gasteiger partial charge on any atom is -0.333 e. The second-order valence-electron chi connectivity index (χ2n) is 6.12. The van der Waals surface area contributed by atoms with Crippen molar-refractivity contribution in [3.05, 3.63) is 65.5 Å². The summed E-state index contributed by atoms with van der Waals surface area (Å²) in [6, 6.07) is 9.11. The number of aryl methyl sites for hydroxylation is 1. The molecule has 0 bridgehead atoms. The highest BCUT2D eigenvalue weighted by atomic mass is 35.5. The third-order valence-corrected chi connectivity index (χ3v) is 4.39. The van der Waals surface area contributed by atoms with Crippen molar-refractivity contribution in [2.75, 3.05) is 0 Å². The summed E-state index contributed by atoms with van der Waals surface area (Å²) in [4.78, 5) is 11.9. The predicted molar refractivity (Wildman–Crippen MR) is 95.3 cm³/mol. The smallest absolute Gasteiger partial charge is 0.333 e. The Bertz CT molecular complexity index is 1110. The van der Waals surface area contributed by atoms with E-state index in [4.69, 9.17) is 11.6 Å². The lowest BCUT2D eigenvalue weighted by molar-refractivity contribution is -0.140. The van der Waals surface area contributed by atoms with Gasteiger partial charge >= 0.3 is 6.18 Å². The maximum Gasteiger partial charge on any atom is 0.434 e. The average molecular weight is 392 g/mol. The van der Waals surface area contributed by atoms with Crippen LogP contribution >= 0.6 is 11.6 Å². The van der Waals surface area contributed by atoms with E-state index in [-0.39, 0.29) is 11.1 Å². The first-order chi connectivity index (χ1) is 12.8. The third-order valence-electron chi connectivity index (χ3n) is 4.20. The summed E-state index contributed by atoms with van der Waals surface area (Å²) in [5, 5.41) is 1.05. The van der Waals surface area contributed by atoms with E-state index in [1.807, 2.05) is 29.0 Å². The topological polar surface area (TPSA) is 48.5 Å². The zero-order chi connectivity index (χ0) is 19.2. The Morgan fingerprint density at radius 3 is 2.48 bits per heavy atom. The second kappa shape index (κ2) is 6.38. The van der Waals surface area contributed by atoms with Gasteiger partial charge in [0.2, 0.25) is 5.28 Å². The van der Waals surface area contributed by atoms with Crippen LogP contribution in [0.3, 0.4) is 0 Å². The first-order valence-corrected chi connectivity index (χ1v) is 8.36. The molecule has 0 fully saturated rings. The first kappa shape index (κ1) is 17.5. The van der Waals surface area contributed by atoms with Gasteiger partial charge in [0.1, 0.15) is 11.5 Å². The number of aromatic nitrogens is 5. The van der Waals surface area contributed by atoms with Crippen molar-refractivity contribution in [1.82, 2.24) is 24.1 Å². The Morgan fingerprint density at radius 2 is 1.81 bits per heavy atom. The molecule has 1 aromatic carbocycles. The maximum atomic E-state index is 12.8. The quantitative estimate of drug-likeness (QED) is 0.481. The van der Waals surface area contributed by atoms with Gasteiger partial charge in [-0.2, -0.15) is 18.2 Å². The fourth-order valence-corrected chi connectivity index (χ4v) is 3.03. The number of alkyl halides is 3. The van der Waals surface area contributed by atoms with Crippen LogP contribution in [-0.2, 0) is 19.8 Å². The van der Waals surface area contributed by atoms with E-state index in [0.717, 1.165) is 22.8 Å². The molecule has 4 rings (SSSR count). The van der Waals surface area contributed by atoms with Crippen molar-refractivity contribution in [2.45, 2.75) is 12.7 Å². The molecule has 0 aliphatic carbocycles. The SMILES string of the molecule is Cn1cc(C(F)(F)F)nc1-c1ccc(Cn2ccc3cnc(Cl)nc32)cc1. The molecule has 0 radical (unpaired) electrons. The molecule has 4 aromatic rings. The van der Waals surface area contributed by atoms with E-state index >= 15 is 0 Å². The number of imidazole rings is 1. The van der Waals surface area contributed by atoms with Gasteiger partial charge < -0.3 is 9.13 Å². The molecule has 5 nitrogen and oxygen atoms in total. The van der Waals surface area contributed by atoms with Gasteiger partial charge in [-0.15, -0.1) is 0 Å². The maximum absolute atomic E-state index is 12.8. The number of rotatable bonds is 3. The lowest BCUT2D eigenvalue weighted by atomic mass is 10.1. The van der Waals surface area contributed by atoms with Crippen LogP contribution in [0.15, 0.2) is 48.9 Å². The second-order valence-corrected chi connectivity index (χ2v) is 6.46. The van der Waals surface area contributed by atoms with Crippen molar-refractivity contribution in [3.63, 3.8) is 0 Å². The van der Waals surface area contributed by atoms with Gasteiger partial charge in [0.05, 0.1) is 0 Å². The Hall–Kier alpha value is -2.87. The molecule has 3 aromatic heterocycles. The molecule has 0 amide bonds. The fraction of sp³-hybridized carbons (Fsp3) is 0.167. The molecule has 0 unspecified atom stereocenters. The Labute approximate surface area is 157 Å². The van der Waals surface area contributed by atoms with Gasteiger partial charge in [-0.3, -0.25) is 0 Å². The van der Waals surface area contributed by atoms with Crippen LogP contribution in [0.2, 0.25) is 5.28 Å². The van der Waals surface area contributed by atoms with Crippen molar-refractivity contribution in [2.24, 2.45) is 7.05 Å². The molecular formula is C18H13ClF3N5. The summed E-state index contributed by atoms with van der Waals surface area (Å²) >= 11 is 5.86. The van der Waals surface area contributed by atoms with E-state index < -0.39 is 11.9 Å². The molecule has 27 heavy (non-hydrogen) atoms. The number of hydrogen-bond acceptors (Lipinski definition) is 3. The van der Waals surface area contributed by atoms with Gasteiger partial charge in [-0.05, 0) is 23.2 Å². The lowest BCUT2D eigenvalue weighted by Gasteiger charge is -2.07. The van der Waals surface area contributed by atoms with Gasteiger partial charge in [-0.1, -0.05) is 24.3 Å². The zero-order valence-corrected chi connectivity index (χ0v) is 14.8. The minimum atomic E-state index is -4.46. The molecule has 138 valence electrons. The monoisotopic (exact) mass is 391 g/mol. The summed E-state index contributed by atoms with van der Waals surface area (Å²) in [6.07, 6.45) is 0.0642. The number of benzene rings is 1. The summed E-state index contributed by atoms with van der Waals surface area (Å²) in [5.41, 5.74) is 1.40. The van der Waals surface area contributed by atoms with E-state index in [1.54, 1.807) is 25.4 Å². The van der Waals surface area contributed by atoms with Crippen LogP contribution in [0.25, 0.3) is 22.4 Å². The van der Waals surface area contributed by atoms with Crippen LogP contribution in [0, 0.1) is 0 Å². The largest absolute Gasteiger partial charge is 0.434 e. The normalized spacial score (nSPS) is 12.0. The summed E-state index contributed by atoms with van der Waals surface area (Å²) < 4.78 is 41.8. The highest BCUT2D eigenvalue weighted by Gasteiger charge is 2.34. The number of halogens is 4. The molecule has 0 spiro atoms. The minimum absolute atomic E-state index is 0.174. The Kier molecular flexibility index (Phi) is 4.15. The molecule has 3 heterocycles. The Balaban J connectivity index is 1.61. The van der Waals surface area contributed by atoms with Crippen molar-refractivity contribution in [1.29, 1.82) is 0 Å². The first-order valence-electron chi connectivity index (χ1n) is 7.98. The molecular weight excluding hydrogens is 379 g/mol. The third kappa shape index (κ3) is 3.40. The zero-order valence-electron chi connectivity index (χ0n) is 14.1. The lowest BCUT2D eigenvalue weighted by Crippen LogP contribution is -2.04. The van der Waals surface area contributed by atoms with E-state index in [9.17, 15) is 13.2 Å². The summed E-state index contributed by atoms with van der Waals surface area (Å²) in [7, 11) is 1.54. The summed E-state index contributed by atoms with van der Waals surface area (Å²) in [6.45, 7) is 0.547. The molecule has 0 aliphatic heterocycles. The van der Waals surface area contributed by atoms with Gasteiger partial charge in [0, 0.05) is 43.1 Å². The highest BCUT2D eigenvalue weighted by Crippen LogP contribution is 2.30. The van der Waals surface area contributed by atoms with Gasteiger partial charge in [0.25, 0.3) is 0 Å². The van der Waals surface area contributed by atoms with Crippen molar-refractivity contribution < 1.29 is 13.2 Å². The van der Waals surface area contributed by atoms with Crippen LogP contribution in [-0.4, -0.2) is 24.1 Å². The number of hydrogen-bond donors (Lipinski definition) is 0. The van der Waals surface area contributed by atoms with Crippen LogP contribution in [0.5, 0.6) is 0 Å². The van der Waals surface area contributed by atoms with E-state index in [2.05, 4.69) is 15.0 Å². The average Bonchev–Trinajstić information content (AvgIpc) is 3.19. The highest BCUT2D eigenvalue weighted by molar-refractivity contribution is 6.28. The molecule has 0 atom stereocenters. The fourth-order valence-electron chi connectivity index (χ4n) is 2.90. The van der Waals surface area contributed by atoms with Crippen LogP contribution in [0.4, 0.5) is 13.2 Å². The van der Waals surface area contributed by atoms with Crippen molar-refractivity contribution >= 4 is 22.6 Å². The predicted octanol–water partition coefficient (Wildman–Crippen LogP) is 4.55. The van der Waals surface area contributed by atoms with E-state index in [0.29, 0.717) is 12.1 Å². The Morgan fingerprint density at radius 1 is 1.07 bits per heavy atom. The number of nitrogens with zero attached hydrogens (tertiary/aromatic N) is 5. The molecule has 0 N–H and O–H groups in total. The van der Waals surface area contributed by atoms with Gasteiger partial charge in [-0.25, -0.2) is 9.97 Å². The molecule has 0 saturated carbocycles.